The Hall–Kier alpha value is -2.04. The van der Waals surface area contributed by atoms with Gasteiger partial charge in [0.2, 0.25) is 5.91 Å². The van der Waals surface area contributed by atoms with Crippen LogP contribution in [-0.2, 0) is 4.79 Å². The lowest BCUT2D eigenvalue weighted by molar-refractivity contribution is -0.115. The topological polar surface area (TPSA) is 58.6 Å². The fraction of sp³-hybridized carbons (Fsp3) is 0.429. The number of carbonyl (C=O) groups is 2. The quantitative estimate of drug-likeness (QED) is 0.905. The van der Waals surface area contributed by atoms with Crippen LogP contribution in [0.15, 0.2) is 18.2 Å². The van der Waals surface area contributed by atoms with Gasteiger partial charge in [-0.15, -0.1) is 0 Å². The van der Waals surface area contributed by atoms with Gasteiger partial charge in [0.25, 0.3) is 5.91 Å². The third kappa shape index (κ3) is 2.86. The standard InChI is InChI=1S/C14H18N2O3/c1-3-13(17)15-10-5-6-12-11(9-10)14(18)16(4-2)7-8-19-12/h5-6,9H,3-4,7-8H2,1-2H3,(H,15,17). The Morgan fingerprint density at radius 3 is 2.89 bits per heavy atom. The summed E-state index contributed by atoms with van der Waals surface area (Å²) in [4.78, 5) is 25.4. The van der Waals surface area contributed by atoms with Crippen molar-refractivity contribution in [1.29, 1.82) is 0 Å². The molecular formula is C14H18N2O3. The number of carbonyl (C=O) groups excluding carboxylic acids is 2. The van der Waals surface area contributed by atoms with Crippen LogP contribution in [0.4, 0.5) is 5.69 Å². The second kappa shape index (κ2) is 5.73. The first-order chi connectivity index (χ1) is 9.15. The van der Waals surface area contributed by atoms with Crippen LogP contribution in [0.2, 0.25) is 0 Å². The summed E-state index contributed by atoms with van der Waals surface area (Å²) in [5.74, 6) is 0.451. The van der Waals surface area contributed by atoms with Gasteiger partial charge in [0.1, 0.15) is 12.4 Å². The summed E-state index contributed by atoms with van der Waals surface area (Å²) in [5.41, 5.74) is 1.13. The molecule has 1 aromatic rings. The van der Waals surface area contributed by atoms with Gasteiger partial charge in [0, 0.05) is 18.7 Å². The maximum absolute atomic E-state index is 12.3. The molecule has 2 rings (SSSR count). The molecule has 2 amide bonds. The smallest absolute Gasteiger partial charge is 0.257 e. The average molecular weight is 262 g/mol. The van der Waals surface area contributed by atoms with E-state index in [0.717, 1.165) is 0 Å². The minimum Gasteiger partial charge on any atom is -0.491 e. The number of anilines is 1. The van der Waals surface area contributed by atoms with E-state index in [4.69, 9.17) is 4.74 Å². The van der Waals surface area contributed by atoms with E-state index in [-0.39, 0.29) is 11.8 Å². The number of nitrogens with zero attached hydrogens (tertiary/aromatic N) is 1. The van der Waals surface area contributed by atoms with E-state index in [2.05, 4.69) is 5.32 Å². The van der Waals surface area contributed by atoms with Crippen molar-refractivity contribution in [2.45, 2.75) is 20.3 Å². The van der Waals surface area contributed by atoms with Crippen molar-refractivity contribution in [2.24, 2.45) is 0 Å². The molecule has 19 heavy (non-hydrogen) atoms. The maximum atomic E-state index is 12.3. The van der Waals surface area contributed by atoms with Gasteiger partial charge in [-0.05, 0) is 25.1 Å². The van der Waals surface area contributed by atoms with E-state index in [1.807, 2.05) is 6.92 Å². The fourth-order valence-corrected chi connectivity index (χ4v) is 1.99. The number of rotatable bonds is 3. The Kier molecular flexibility index (Phi) is 4.04. The highest BCUT2D eigenvalue weighted by Gasteiger charge is 2.22. The van der Waals surface area contributed by atoms with E-state index in [9.17, 15) is 9.59 Å². The Morgan fingerprint density at radius 2 is 2.21 bits per heavy atom. The number of hydrogen-bond acceptors (Lipinski definition) is 3. The molecule has 0 aliphatic carbocycles. The molecule has 0 radical (unpaired) electrons. The SMILES string of the molecule is CCC(=O)Nc1ccc2c(c1)C(=O)N(CC)CCO2. The molecule has 0 fully saturated rings. The zero-order chi connectivity index (χ0) is 13.8. The van der Waals surface area contributed by atoms with Gasteiger partial charge >= 0.3 is 0 Å². The molecule has 1 N–H and O–H groups in total. The molecule has 1 aliphatic rings. The zero-order valence-corrected chi connectivity index (χ0v) is 11.2. The van der Waals surface area contributed by atoms with Crippen molar-refractivity contribution in [3.63, 3.8) is 0 Å². The molecule has 0 unspecified atom stereocenters. The largest absolute Gasteiger partial charge is 0.491 e. The number of likely N-dealkylation sites (N-methyl/N-ethyl adjacent to an activating group) is 1. The van der Waals surface area contributed by atoms with Gasteiger partial charge in [0.15, 0.2) is 0 Å². The second-order valence-corrected chi connectivity index (χ2v) is 4.35. The molecule has 5 heteroatoms. The normalized spacial score (nSPS) is 14.4. The third-order valence-corrected chi connectivity index (χ3v) is 3.10. The number of nitrogens with one attached hydrogen (secondary N) is 1. The lowest BCUT2D eigenvalue weighted by Gasteiger charge is -2.17. The summed E-state index contributed by atoms with van der Waals surface area (Å²) in [6.45, 7) is 5.44. The third-order valence-electron chi connectivity index (χ3n) is 3.10. The van der Waals surface area contributed by atoms with Crippen LogP contribution in [-0.4, -0.2) is 36.4 Å². The Morgan fingerprint density at radius 1 is 1.42 bits per heavy atom. The molecule has 0 atom stereocenters. The van der Waals surface area contributed by atoms with E-state index < -0.39 is 0 Å². The lowest BCUT2D eigenvalue weighted by atomic mass is 10.1. The van der Waals surface area contributed by atoms with Crippen LogP contribution in [0.3, 0.4) is 0 Å². The van der Waals surface area contributed by atoms with E-state index in [0.29, 0.717) is 43.1 Å². The zero-order valence-electron chi connectivity index (χ0n) is 11.2. The van der Waals surface area contributed by atoms with Crippen LogP contribution < -0.4 is 10.1 Å². The van der Waals surface area contributed by atoms with Gasteiger partial charge in [-0.1, -0.05) is 6.92 Å². The molecule has 1 aliphatic heterocycles. The van der Waals surface area contributed by atoms with Gasteiger partial charge in [-0.3, -0.25) is 9.59 Å². The monoisotopic (exact) mass is 262 g/mol. The number of ether oxygens (including phenoxy) is 1. The first-order valence-electron chi connectivity index (χ1n) is 6.51. The van der Waals surface area contributed by atoms with Crippen LogP contribution in [0.5, 0.6) is 5.75 Å². The first-order valence-corrected chi connectivity index (χ1v) is 6.51. The lowest BCUT2D eigenvalue weighted by Crippen LogP contribution is -2.32. The van der Waals surface area contributed by atoms with Gasteiger partial charge < -0.3 is 15.0 Å². The molecule has 0 saturated carbocycles. The molecular weight excluding hydrogens is 244 g/mol. The molecule has 1 aromatic carbocycles. The highest BCUT2D eigenvalue weighted by molar-refractivity contribution is 5.99. The predicted octanol–water partition coefficient (Wildman–Crippen LogP) is 1.89. The number of fused-ring (bicyclic) bond motifs is 1. The van der Waals surface area contributed by atoms with E-state index in [1.54, 1.807) is 30.0 Å². The van der Waals surface area contributed by atoms with Crippen molar-refractivity contribution in [2.75, 3.05) is 25.0 Å². The number of hydrogen-bond donors (Lipinski definition) is 1. The summed E-state index contributed by atoms with van der Waals surface area (Å²) in [7, 11) is 0. The summed E-state index contributed by atoms with van der Waals surface area (Å²) < 4.78 is 5.56. The molecule has 0 aromatic heterocycles. The van der Waals surface area contributed by atoms with Crippen LogP contribution in [0.1, 0.15) is 30.6 Å². The van der Waals surface area contributed by atoms with Crippen molar-refractivity contribution in [3.05, 3.63) is 23.8 Å². The van der Waals surface area contributed by atoms with Crippen molar-refractivity contribution >= 4 is 17.5 Å². The van der Waals surface area contributed by atoms with Gasteiger partial charge in [0.05, 0.1) is 12.1 Å². The minimum atomic E-state index is -0.0747. The van der Waals surface area contributed by atoms with E-state index >= 15 is 0 Å². The molecule has 0 spiro atoms. The summed E-state index contributed by atoms with van der Waals surface area (Å²) in [5, 5.41) is 2.75. The molecule has 5 nitrogen and oxygen atoms in total. The molecule has 102 valence electrons. The highest BCUT2D eigenvalue weighted by atomic mass is 16.5. The summed E-state index contributed by atoms with van der Waals surface area (Å²) >= 11 is 0. The fourth-order valence-electron chi connectivity index (χ4n) is 1.99. The van der Waals surface area contributed by atoms with Crippen LogP contribution >= 0.6 is 0 Å². The Balaban J connectivity index is 2.31. The number of benzene rings is 1. The van der Waals surface area contributed by atoms with Crippen LogP contribution in [0.25, 0.3) is 0 Å². The maximum Gasteiger partial charge on any atom is 0.257 e. The van der Waals surface area contributed by atoms with E-state index in [1.165, 1.54) is 0 Å². The molecule has 0 saturated heterocycles. The highest BCUT2D eigenvalue weighted by Crippen LogP contribution is 2.26. The number of amides is 2. The van der Waals surface area contributed by atoms with Gasteiger partial charge in [-0.25, -0.2) is 0 Å². The Bertz CT molecular complexity index is 499. The van der Waals surface area contributed by atoms with Crippen molar-refractivity contribution in [3.8, 4) is 5.75 Å². The van der Waals surface area contributed by atoms with Crippen molar-refractivity contribution in [1.82, 2.24) is 4.90 Å². The minimum absolute atomic E-state index is 0.0532. The molecule has 1 heterocycles. The van der Waals surface area contributed by atoms with Crippen LogP contribution in [0, 0.1) is 0 Å². The van der Waals surface area contributed by atoms with Gasteiger partial charge in [-0.2, -0.15) is 0 Å². The first kappa shape index (κ1) is 13.4. The predicted molar refractivity (Wildman–Crippen MR) is 72.4 cm³/mol. The molecule has 0 bridgehead atoms. The second-order valence-electron chi connectivity index (χ2n) is 4.35. The summed E-state index contributed by atoms with van der Waals surface area (Å²) in [6, 6.07) is 5.16. The Labute approximate surface area is 112 Å². The van der Waals surface area contributed by atoms with Crippen molar-refractivity contribution < 1.29 is 14.3 Å². The average Bonchev–Trinajstić information content (AvgIpc) is 2.58. The summed E-state index contributed by atoms with van der Waals surface area (Å²) in [6.07, 6.45) is 0.405.